The van der Waals surface area contributed by atoms with Crippen molar-refractivity contribution in [2.45, 2.75) is 6.42 Å². The maximum Gasteiger partial charge on any atom is 0.0237 e. The van der Waals surface area contributed by atoms with E-state index in [-0.39, 0.29) is 0 Å². The van der Waals surface area contributed by atoms with Crippen LogP contribution in [0.4, 0.5) is 0 Å². The lowest BCUT2D eigenvalue weighted by molar-refractivity contribution is 1.38. The van der Waals surface area contributed by atoms with Crippen LogP contribution >= 0.6 is 0 Å². The van der Waals surface area contributed by atoms with Crippen LogP contribution in [-0.4, -0.2) is 0 Å². The minimum absolute atomic E-state index is 0.967. The fourth-order valence-electron chi connectivity index (χ4n) is 5.41. The second-order valence-corrected chi connectivity index (χ2v) is 10.4. The molecule has 5 aromatic carbocycles. The zero-order valence-electron chi connectivity index (χ0n) is 22.7. The minimum atomic E-state index is 0.967. The molecule has 0 saturated carbocycles. The van der Waals surface area contributed by atoms with Crippen molar-refractivity contribution in [1.82, 2.24) is 0 Å². The summed E-state index contributed by atoms with van der Waals surface area (Å²) in [6.45, 7) is 0. The van der Waals surface area contributed by atoms with Crippen molar-refractivity contribution in [2.24, 2.45) is 0 Å². The Hall–Kier alpha value is -5.38. The molecular weight excluding hydrogens is 492 g/mol. The SMILES string of the molecule is C1=CC=CC=1c1ccc(-c2ccc(-c3ccc(-c4ccc(-c5ccc(C6=C=CCC=C6)cc5)cc4)cc3)cc2)cc1. The summed E-state index contributed by atoms with van der Waals surface area (Å²) in [6, 6.07) is 44.0. The van der Waals surface area contributed by atoms with Gasteiger partial charge in [-0.05, 0) is 80.3 Å². The molecule has 2 aliphatic rings. The molecule has 0 heterocycles. The van der Waals surface area contributed by atoms with E-state index in [2.05, 4.69) is 157 Å². The molecule has 0 aliphatic heterocycles. The normalized spacial score (nSPS) is 13.4. The Morgan fingerprint density at radius 2 is 0.659 bits per heavy atom. The molecule has 7 rings (SSSR count). The molecule has 0 bridgehead atoms. The van der Waals surface area contributed by atoms with Crippen molar-refractivity contribution in [2.75, 3.05) is 0 Å². The van der Waals surface area contributed by atoms with Gasteiger partial charge in [0.25, 0.3) is 0 Å². The molecule has 0 amide bonds. The smallest absolute Gasteiger partial charge is 0.0237 e. The van der Waals surface area contributed by atoms with E-state index in [9.17, 15) is 0 Å². The Labute approximate surface area is 242 Å². The fourth-order valence-corrected chi connectivity index (χ4v) is 5.41. The number of allylic oxidation sites excluding steroid dienone is 6. The number of hydrogen-bond donors (Lipinski definition) is 0. The molecule has 0 heteroatoms. The first-order valence-electron chi connectivity index (χ1n) is 14.1. The molecule has 0 unspecified atom stereocenters. The Balaban J connectivity index is 1.04. The van der Waals surface area contributed by atoms with Gasteiger partial charge in [0.1, 0.15) is 0 Å². The number of hydrogen-bond acceptors (Lipinski definition) is 0. The van der Waals surface area contributed by atoms with Crippen LogP contribution in [-0.2, 0) is 0 Å². The molecule has 0 fully saturated rings. The van der Waals surface area contributed by atoms with Gasteiger partial charge in [0, 0.05) is 11.1 Å². The molecule has 2 aliphatic carbocycles. The summed E-state index contributed by atoms with van der Waals surface area (Å²) in [5, 5.41) is 0. The molecular formula is C41H28. The largest absolute Gasteiger partial charge is 0.116 e. The van der Waals surface area contributed by atoms with Crippen molar-refractivity contribution >= 4 is 11.1 Å². The lowest BCUT2D eigenvalue weighted by Crippen LogP contribution is -1.85. The van der Waals surface area contributed by atoms with Crippen LogP contribution in [0.25, 0.3) is 55.7 Å². The van der Waals surface area contributed by atoms with Gasteiger partial charge in [0.2, 0.25) is 0 Å². The van der Waals surface area contributed by atoms with Gasteiger partial charge in [-0.3, -0.25) is 0 Å². The van der Waals surface area contributed by atoms with Crippen LogP contribution in [0, 0.1) is 0 Å². The highest BCUT2D eigenvalue weighted by Gasteiger charge is 2.06. The van der Waals surface area contributed by atoms with E-state index in [4.69, 9.17) is 0 Å². The monoisotopic (exact) mass is 520 g/mol. The Morgan fingerprint density at radius 3 is 0.927 bits per heavy atom. The van der Waals surface area contributed by atoms with Crippen LogP contribution < -0.4 is 0 Å². The van der Waals surface area contributed by atoms with Crippen LogP contribution in [0.2, 0.25) is 0 Å². The predicted octanol–water partition coefficient (Wildman–Crippen LogP) is 11.0. The van der Waals surface area contributed by atoms with Crippen LogP contribution in [0.5, 0.6) is 0 Å². The zero-order valence-corrected chi connectivity index (χ0v) is 22.7. The van der Waals surface area contributed by atoms with E-state index in [1.54, 1.807) is 0 Å². The van der Waals surface area contributed by atoms with Gasteiger partial charge >= 0.3 is 0 Å². The standard InChI is InChI=1S/C41H28/c1-2-6-30(7-3-1)32-10-14-34(15-11-32)36-18-22-38(23-19-36)40-26-28-41(29-27-40)39-24-20-37(21-25-39)35-16-12-33(13-17-35)31-8-4-5-9-31/h2-6,8,10-29H,1H2. The van der Waals surface area contributed by atoms with E-state index in [0.29, 0.717) is 0 Å². The van der Waals surface area contributed by atoms with Gasteiger partial charge in [0.05, 0.1) is 0 Å². The third-order valence-corrected chi connectivity index (χ3v) is 7.77. The molecule has 0 N–H and O–H groups in total. The van der Waals surface area contributed by atoms with E-state index in [0.717, 1.165) is 17.6 Å². The topological polar surface area (TPSA) is 0 Å². The average molecular weight is 521 g/mol. The Morgan fingerprint density at radius 1 is 0.341 bits per heavy atom. The Kier molecular flexibility index (Phi) is 6.62. The van der Waals surface area contributed by atoms with Gasteiger partial charge in [-0.15, -0.1) is 11.5 Å². The van der Waals surface area contributed by atoms with E-state index in [1.165, 1.54) is 55.6 Å². The van der Waals surface area contributed by atoms with Crippen LogP contribution in [0.15, 0.2) is 169 Å². The summed E-state index contributed by atoms with van der Waals surface area (Å²) in [4.78, 5) is 0. The molecule has 5 aromatic rings. The van der Waals surface area contributed by atoms with E-state index in [1.807, 2.05) is 12.2 Å². The quantitative estimate of drug-likeness (QED) is 0.195. The lowest BCUT2D eigenvalue weighted by Gasteiger charge is -2.09. The van der Waals surface area contributed by atoms with Crippen molar-refractivity contribution in [1.29, 1.82) is 0 Å². The molecule has 192 valence electrons. The molecule has 0 saturated heterocycles. The van der Waals surface area contributed by atoms with Crippen molar-refractivity contribution in [3.05, 3.63) is 180 Å². The van der Waals surface area contributed by atoms with Crippen molar-refractivity contribution in [3.63, 3.8) is 0 Å². The highest BCUT2D eigenvalue weighted by atomic mass is 14.1. The van der Waals surface area contributed by atoms with Gasteiger partial charge in [-0.2, -0.15) is 0 Å². The first-order valence-corrected chi connectivity index (χ1v) is 14.1. The highest BCUT2D eigenvalue weighted by Crippen LogP contribution is 2.30. The van der Waals surface area contributed by atoms with Gasteiger partial charge in [-0.1, -0.05) is 140 Å². The molecule has 0 atom stereocenters. The van der Waals surface area contributed by atoms with E-state index >= 15 is 0 Å². The first-order chi connectivity index (χ1) is 20.3. The summed E-state index contributed by atoms with van der Waals surface area (Å²) in [5.74, 6) is 0. The zero-order chi connectivity index (χ0) is 27.4. The Bertz CT molecular complexity index is 1890. The molecule has 0 radical (unpaired) electrons. The van der Waals surface area contributed by atoms with Crippen LogP contribution in [0.1, 0.15) is 17.5 Å². The average Bonchev–Trinajstić information content (AvgIpc) is 3.61. The molecule has 0 nitrogen and oxygen atoms in total. The minimum Gasteiger partial charge on any atom is -0.116 e. The maximum absolute atomic E-state index is 3.35. The number of benzene rings is 5. The van der Waals surface area contributed by atoms with Crippen LogP contribution in [0.3, 0.4) is 0 Å². The van der Waals surface area contributed by atoms with E-state index < -0.39 is 0 Å². The summed E-state index contributed by atoms with van der Waals surface area (Å²) in [7, 11) is 0. The summed E-state index contributed by atoms with van der Waals surface area (Å²) < 4.78 is 0. The maximum atomic E-state index is 3.35. The fraction of sp³-hybridized carbons (Fsp3) is 0.0244. The summed E-state index contributed by atoms with van der Waals surface area (Å²) in [5.41, 5.74) is 21.1. The summed E-state index contributed by atoms with van der Waals surface area (Å²) >= 11 is 0. The number of rotatable bonds is 6. The third-order valence-electron chi connectivity index (χ3n) is 7.77. The van der Waals surface area contributed by atoms with Gasteiger partial charge < -0.3 is 0 Å². The molecule has 41 heavy (non-hydrogen) atoms. The highest BCUT2D eigenvalue weighted by molar-refractivity contribution is 5.80. The van der Waals surface area contributed by atoms with Crippen molar-refractivity contribution < 1.29 is 0 Å². The third kappa shape index (κ3) is 5.27. The molecule has 0 spiro atoms. The second kappa shape index (κ2) is 11.0. The first kappa shape index (κ1) is 24.6. The van der Waals surface area contributed by atoms with Crippen molar-refractivity contribution in [3.8, 4) is 44.5 Å². The second-order valence-electron chi connectivity index (χ2n) is 10.4. The van der Waals surface area contributed by atoms with Gasteiger partial charge in [-0.25, -0.2) is 0 Å². The van der Waals surface area contributed by atoms with Gasteiger partial charge in [0.15, 0.2) is 0 Å². The summed E-state index contributed by atoms with van der Waals surface area (Å²) in [6.07, 6.45) is 13.4. The molecule has 0 aromatic heterocycles. The lowest BCUT2D eigenvalue weighted by atomic mass is 9.96. The predicted molar refractivity (Wildman–Crippen MR) is 174 cm³/mol.